The number of halogens is 3. The maximum absolute atomic E-state index is 11.9. The molecule has 1 aromatic rings. The molecule has 1 N–H and O–H groups in total. The number of rotatable bonds is 5. The second-order valence-electron chi connectivity index (χ2n) is 3.14. The number of alkyl halides is 3. The summed E-state index contributed by atoms with van der Waals surface area (Å²) in [7, 11) is 1.25. The Morgan fingerprint density at radius 3 is 2.89 bits per heavy atom. The monoisotopic (exact) mass is 280 g/mol. The Labute approximate surface area is 106 Å². The number of nitrogens with zero attached hydrogens (tertiary/aromatic N) is 1. The normalized spacial score (nSPS) is 11.1. The fourth-order valence-electron chi connectivity index (χ4n) is 1.12. The fourth-order valence-corrected chi connectivity index (χ4v) is 1.55. The highest BCUT2D eigenvalue weighted by molar-refractivity contribution is 8.00. The SMILES string of the molecule is COC(=O)c1ccnc(NCCSC(F)(F)F)c1. The van der Waals surface area contributed by atoms with Gasteiger partial charge >= 0.3 is 11.5 Å². The van der Waals surface area contributed by atoms with E-state index in [2.05, 4.69) is 15.0 Å². The van der Waals surface area contributed by atoms with E-state index in [1.807, 2.05) is 0 Å². The summed E-state index contributed by atoms with van der Waals surface area (Å²) in [6, 6.07) is 2.88. The van der Waals surface area contributed by atoms with Gasteiger partial charge in [0.25, 0.3) is 0 Å². The van der Waals surface area contributed by atoms with Crippen molar-refractivity contribution in [2.45, 2.75) is 5.51 Å². The molecule has 0 aliphatic rings. The molecule has 0 aromatic carbocycles. The van der Waals surface area contributed by atoms with Crippen molar-refractivity contribution >= 4 is 23.5 Å². The summed E-state index contributed by atoms with van der Waals surface area (Å²) >= 11 is -0.114. The molecule has 0 spiro atoms. The van der Waals surface area contributed by atoms with Crippen LogP contribution < -0.4 is 5.32 Å². The molecule has 0 bridgehead atoms. The zero-order chi connectivity index (χ0) is 13.6. The van der Waals surface area contributed by atoms with Gasteiger partial charge in [-0.1, -0.05) is 0 Å². The van der Waals surface area contributed by atoms with Crippen molar-refractivity contribution in [3.63, 3.8) is 0 Å². The van der Waals surface area contributed by atoms with Crippen molar-refractivity contribution in [3.05, 3.63) is 23.9 Å². The van der Waals surface area contributed by atoms with E-state index in [-0.39, 0.29) is 24.1 Å². The van der Waals surface area contributed by atoms with E-state index in [0.29, 0.717) is 11.4 Å². The first-order valence-corrected chi connectivity index (χ1v) is 5.90. The highest BCUT2D eigenvalue weighted by Crippen LogP contribution is 2.29. The Kier molecular flexibility index (Phi) is 5.26. The molecule has 0 aliphatic carbocycles. The fraction of sp³-hybridized carbons (Fsp3) is 0.400. The molecule has 0 amide bonds. The van der Waals surface area contributed by atoms with Gasteiger partial charge in [-0.05, 0) is 23.9 Å². The van der Waals surface area contributed by atoms with Crippen LogP contribution in [0.1, 0.15) is 10.4 Å². The van der Waals surface area contributed by atoms with Crippen molar-refractivity contribution in [3.8, 4) is 0 Å². The molecule has 4 nitrogen and oxygen atoms in total. The standard InChI is InChI=1S/C10H11F3N2O2S/c1-17-9(16)7-2-3-14-8(6-7)15-4-5-18-10(11,12)13/h2-3,6H,4-5H2,1H3,(H,14,15). The van der Waals surface area contributed by atoms with Crippen LogP contribution in [0.5, 0.6) is 0 Å². The maximum Gasteiger partial charge on any atom is 0.441 e. The number of ether oxygens (including phenoxy) is 1. The van der Waals surface area contributed by atoms with Crippen LogP contribution in [-0.4, -0.2) is 35.9 Å². The van der Waals surface area contributed by atoms with Gasteiger partial charge in [0.1, 0.15) is 5.82 Å². The number of anilines is 1. The number of carbonyl (C=O) groups excluding carboxylic acids is 1. The molecule has 1 aromatic heterocycles. The number of esters is 1. The number of hydrogen-bond acceptors (Lipinski definition) is 5. The van der Waals surface area contributed by atoms with Crippen LogP contribution in [0.3, 0.4) is 0 Å². The zero-order valence-electron chi connectivity index (χ0n) is 9.45. The van der Waals surface area contributed by atoms with E-state index in [4.69, 9.17) is 0 Å². The Hall–Kier alpha value is -1.44. The molecule has 0 radical (unpaired) electrons. The lowest BCUT2D eigenvalue weighted by Crippen LogP contribution is -2.11. The smallest absolute Gasteiger partial charge is 0.441 e. The average Bonchev–Trinajstić information content (AvgIpc) is 2.33. The van der Waals surface area contributed by atoms with Gasteiger partial charge in [-0.2, -0.15) is 13.2 Å². The minimum Gasteiger partial charge on any atom is -0.465 e. The quantitative estimate of drug-likeness (QED) is 0.663. The Morgan fingerprint density at radius 2 is 2.28 bits per heavy atom. The third-order valence-corrected chi connectivity index (χ3v) is 2.59. The van der Waals surface area contributed by atoms with Crippen molar-refractivity contribution in [1.29, 1.82) is 0 Å². The summed E-state index contributed by atoms with van der Waals surface area (Å²) < 4.78 is 40.1. The highest BCUT2D eigenvalue weighted by atomic mass is 32.2. The van der Waals surface area contributed by atoms with Crippen LogP contribution in [0, 0.1) is 0 Å². The molecule has 0 fully saturated rings. The number of methoxy groups -OCH3 is 1. The topological polar surface area (TPSA) is 51.2 Å². The van der Waals surface area contributed by atoms with Gasteiger partial charge in [0, 0.05) is 18.5 Å². The number of nitrogens with one attached hydrogen (secondary N) is 1. The number of thioether (sulfide) groups is 1. The molecule has 0 saturated heterocycles. The summed E-state index contributed by atoms with van der Waals surface area (Å²) in [6.07, 6.45) is 1.38. The minimum absolute atomic E-state index is 0.0990. The van der Waals surface area contributed by atoms with Crippen LogP contribution >= 0.6 is 11.8 Å². The van der Waals surface area contributed by atoms with Crippen LogP contribution in [0.2, 0.25) is 0 Å². The molecule has 0 aliphatic heterocycles. The molecule has 0 saturated carbocycles. The largest absolute Gasteiger partial charge is 0.465 e. The summed E-state index contributed by atoms with van der Waals surface area (Å²) in [5.41, 5.74) is -3.94. The van der Waals surface area contributed by atoms with Crippen LogP contribution in [0.4, 0.5) is 19.0 Å². The van der Waals surface area contributed by atoms with Gasteiger partial charge in [-0.3, -0.25) is 0 Å². The first kappa shape index (κ1) is 14.6. The summed E-state index contributed by atoms with van der Waals surface area (Å²) in [5, 5.41) is 2.70. The molecule has 0 unspecified atom stereocenters. The predicted octanol–water partition coefficient (Wildman–Crippen LogP) is 2.53. The average molecular weight is 280 g/mol. The maximum atomic E-state index is 11.9. The molecule has 1 heterocycles. The number of pyridine rings is 1. The van der Waals surface area contributed by atoms with Gasteiger partial charge in [0.2, 0.25) is 0 Å². The highest BCUT2D eigenvalue weighted by Gasteiger charge is 2.27. The zero-order valence-corrected chi connectivity index (χ0v) is 10.3. The van der Waals surface area contributed by atoms with Crippen LogP contribution in [0.25, 0.3) is 0 Å². The number of aromatic nitrogens is 1. The molecule has 1 rings (SSSR count). The van der Waals surface area contributed by atoms with Crippen molar-refractivity contribution in [1.82, 2.24) is 4.98 Å². The first-order valence-electron chi connectivity index (χ1n) is 4.91. The van der Waals surface area contributed by atoms with E-state index in [1.54, 1.807) is 0 Å². The van der Waals surface area contributed by atoms with Crippen molar-refractivity contribution in [2.24, 2.45) is 0 Å². The number of carbonyl (C=O) groups is 1. The van der Waals surface area contributed by atoms with Crippen LogP contribution in [0.15, 0.2) is 18.3 Å². The van der Waals surface area contributed by atoms with Gasteiger partial charge < -0.3 is 10.1 Å². The third-order valence-electron chi connectivity index (χ3n) is 1.85. The Balaban J connectivity index is 2.45. The van der Waals surface area contributed by atoms with Crippen molar-refractivity contribution in [2.75, 3.05) is 24.7 Å². The molecule has 0 atom stereocenters. The molecular weight excluding hydrogens is 269 g/mol. The van der Waals surface area contributed by atoms with Gasteiger partial charge in [0.05, 0.1) is 12.7 Å². The lowest BCUT2D eigenvalue weighted by atomic mass is 10.2. The van der Waals surface area contributed by atoms with E-state index >= 15 is 0 Å². The summed E-state index contributed by atoms with van der Waals surface area (Å²) in [6.45, 7) is 0.0990. The predicted molar refractivity (Wildman–Crippen MR) is 62.6 cm³/mol. The van der Waals surface area contributed by atoms with Gasteiger partial charge in [0.15, 0.2) is 0 Å². The first-order chi connectivity index (χ1) is 8.42. The Morgan fingerprint density at radius 1 is 1.56 bits per heavy atom. The lowest BCUT2D eigenvalue weighted by Gasteiger charge is -2.08. The summed E-state index contributed by atoms with van der Waals surface area (Å²) in [5.74, 6) is -0.320. The van der Waals surface area contributed by atoms with Crippen molar-refractivity contribution < 1.29 is 22.7 Å². The molecule has 18 heavy (non-hydrogen) atoms. The molecule has 100 valence electrons. The second-order valence-corrected chi connectivity index (χ2v) is 4.30. The van der Waals surface area contributed by atoms with E-state index in [1.165, 1.54) is 25.4 Å². The Bertz CT molecular complexity index is 412. The second kappa shape index (κ2) is 6.48. The third kappa shape index (κ3) is 5.26. The van der Waals surface area contributed by atoms with Gasteiger partial charge in [-0.15, -0.1) is 0 Å². The number of hydrogen-bond donors (Lipinski definition) is 1. The summed E-state index contributed by atoms with van der Waals surface area (Å²) in [4.78, 5) is 15.1. The van der Waals surface area contributed by atoms with E-state index < -0.39 is 11.5 Å². The van der Waals surface area contributed by atoms with E-state index in [9.17, 15) is 18.0 Å². The van der Waals surface area contributed by atoms with Crippen LogP contribution in [-0.2, 0) is 4.74 Å². The molecule has 8 heteroatoms. The molecular formula is C10H11F3N2O2S. The minimum atomic E-state index is -4.23. The van der Waals surface area contributed by atoms with Gasteiger partial charge in [-0.25, -0.2) is 9.78 Å². The van der Waals surface area contributed by atoms with E-state index in [0.717, 1.165) is 0 Å². The lowest BCUT2D eigenvalue weighted by molar-refractivity contribution is -0.0327.